The number of hydrogen-bond acceptors (Lipinski definition) is 5. The quantitative estimate of drug-likeness (QED) is 0.752. The van der Waals surface area contributed by atoms with E-state index in [1.807, 2.05) is 18.2 Å². The minimum atomic E-state index is -0.213. The second kappa shape index (κ2) is 5.44. The van der Waals surface area contributed by atoms with Gasteiger partial charge in [-0.05, 0) is 24.3 Å². The van der Waals surface area contributed by atoms with Crippen molar-refractivity contribution in [3.05, 3.63) is 52.7 Å². The van der Waals surface area contributed by atoms with Crippen LogP contribution in [0.5, 0.6) is 11.5 Å². The number of anilines is 1. The van der Waals surface area contributed by atoms with E-state index in [0.29, 0.717) is 33.9 Å². The molecule has 5 heteroatoms. The maximum Gasteiger partial charge on any atom is 0.195 e. The molecule has 5 nitrogen and oxygen atoms in total. The van der Waals surface area contributed by atoms with Crippen molar-refractivity contribution in [3.8, 4) is 22.8 Å². The molecule has 0 saturated heterocycles. The van der Waals surface area contributed by atoms with Crippen LogP contribution in [-0.2, 0) is 0 Å². The van der Waals surface area contributed by atoms with Gasteiger partial charge in [0.25, 0.3) is 0 Å². The summed E-state index contributed by atoms with van der Waals surface area (Å²) in [5.41, 5.74) is 7.11. The Morgan fingerprint density at radius 3 is 2.59 bits per heavy atom. The second-order valence-electron chi connectivity index (χ2n) is 4.77. The molecular formula is C17H15NO4. The van der Waals surface area contributed by atoms with E-state index in [1.165, 1.54) is 13.2 Å². The third kappa shape index (κ3) is 2.26. The third-order valence-corrected chi connectivity index (χ3v) is 3.45. The van der Waals surface area contributed by atoms with Crippen LogP contribution in [0.1, 0.15) is 0 Å². The minimum absolute atomic E-state index is 0.213. The van der Waals surface area contributed by atoms with Crippen LogP contribution in [0.4, 0.5) is 5.69 Å². The number of methoxy groups -OCH3 is 2. The van der Waals surface area contributed by atoms with Gasteiger partial charge in [0.15, 0.2) is 16.8 Å². The van der Waals surface area contributed by atoms with Crippen LogP contribution in [0, 0.1) is 0 Å². The van der Waals surface area contributed by atoms with Crippen LogP contribution in [0.3, 0.4) is 0 Å². The first-order valence-electron chi connectivity index (χ1n) is 6.69. The summed E-state index contributed by atoms with van der Waals surface area (Å²) in [6, 6.07) is 12.0. The molecule has 0 aliphatic heterocycles. The van der Waals surface area contributed by atoms with E-state index in [0.717, 1.165) is 5.56 Å². The highest BCUT2D eigenvalue weighted by Crippen LogP contribution is 2.32. The smallest absolute Gasteiger partial charge is 0.195 e. The van der Waals surface area contributed by atoms with Crippen LogP contribution >= 0.6 is 0 Å². The van der Waals surface area contributed by atoms with Gasteiger partial charge < -0.3 is 19.6 Å². The molecule has 0 amide bonds. The fourth-order valence-electron chi connectivity index (χ4n) is 2.34. The zero-order valence-electron chi connectivity index (χ0n) is 12.3. The Kier molecular flexibility index (Phi) is 3.47. The number of nitrogens with two attached hydrogens (primary N) is 1. The predicted octanol–water partition coefficient (Wildman–Crippen LogP) is 3.06. The largest absolute Gasteiger partial charge is 0.497 e. The van der Waals surface area contributed by atoms with E-state index in [4.69, 9.17) is 19.6 Å². The number of benzene rings is 2. The molecule has 1 heterocycles. The number of ether oxygens (including phenoxy) is 2. The Bertz CT molecular complexity index is 899. The van der Waals surface area contributed by atoms with E-state index in [-0.39, 0.29) is 5.43 Å². The van der Waals surface area contributed by atoms with Crippen LogP contribution in [0.25, 0.3) is 22.3 Å². The van der Waals surface area contributed by atoms with Crippen molar-refractivity contribution in [2.24, 2.45) is 0 Å². The molecule has 0 aliphatic rings. The van der Waals surface area contributed by atoms with Crippen molar-refractivity contribution in [1.29, 1.82) is 0 Å². The molecule has 0 radical (unpaired) electrons. The standard InChI is InChI=1S/C17H15NO4/c1-20-11-5-3-4-10(8-11)15-9-13(19)16-12(18)6-7-14(21-2)17(16)22-15/h3-9H,18H2,1-2H3. The lowest BCUT2D eigenvalue weighted by molar-refractivity contribution is 0.409. The summed E-state index contributed by atoms with van der Waals surface area (Å²) in [6.07, 6.45) is 0. The van der Waals surface area contributed by atoms with Gasteiger partial charge in [0, 0.05) is 17.3 Å². The van der Waals surface area contributed by atoms with Gasteiger partial charge in [-0.15, -0.1) is 0 Å². The first-order valence-corrected chi connectivity index (χ1v) is 6.69. The molecule has 0 unspecified atom stereocenters. The summed E-state index contributed by atoms with van der Waals surface area (Å²) in [6.45, 7) is 0. The lowest BCUT2D eigenvalue weighted by Gasteiger charge is -2.09. The van der Waals surface area contributed by atoms with Gasteiger partial charge in [0.1, 0.15) is 11.5 Å². The molecular weight excluding hydrogens is 282 g/mol. The highest BCUT2D eigenvalue weighted by molar-refractivity contribution is 5.93. The summed E-state index contributed by atoms with van der Waals surface area (Å²) in [4.78, 5) is 12.4. The van der Waals surface area contributed by atoms with Crippen LogP contribution < -0.4 is 20.6 Å². The Morgan fingerprint density at radius 1 is 1.05 bits per heavy atom. The van der Waals surface area contributed by atoms with Crippen LogP contribution in [-0.4, -0.2) is 14.2 Å². The van der Waals surface area contributed by atoms with E-state index >= 15 is 0 Å². The van der Waals surface area contributed by atoms with Crippen molar-refractivity contribution in [1.82, 2.24) is 0 Å². The molecule has 3 rings (SSSR count). The molecule has 0 fully saturated rings. The topological polar surface area (TPSA) is 74.7 Å². The van der Waals surface area contributed by atoms with Crippen molar-refractivity contribution in [3.63, 3.8) is 0 Å². The van der Waals surface area contributed by atoms with Gasteiger partial charge in [-0.25, -0.2) is 0 Å². The van der Waals surface area contributed by atoms with Crippen molar-refractivity contribution in [2.75, 3.05) is 20.0 Å². The van der Waals surface area contributed by atoms with Gasteiger partial charge in [-0.2, -0.15) is 0 Å². The van der Waals surface area contributed by atoms with Gasteiger partial charge in [0.2, 0.25) is 0 Å². The maximum atomic E-state index is 12.4. The number of rotatable bonds is 3. The zero-order chi connectivity index (χ0) is 15.7. The molecule has 2 aromatic carbocycles. The zero-order valence-corrected chi connectivity index (χ0v) is 12.3. The summed E-state index contributed by atoms with van der Waals surface area (Å²) in [7, 11) is 3.10. The van der Waals surface area contributed by atoms with Crippen molar-refractivity contribution >= 4 is 16.7 Å². The average molecular weight is 297 g/mol. The van der Waals surface area contributed by atoms with Crippen LogP contribution in [0.2, 0.25) is 0 Å². The lowest BCUT2D eigenvalue weighted by Crippen LogP contribution is -2.05. The van der Waals surface area contributed by atoms with Gasteiger partial charge in [0.05, 0.1) is 19.6 Å². The van der Waals surface area contributed by atoms with Gasteiger partial charge in [-0.3, -0.25) is 4.79 Å². The van der Waals surface area contributed by atoms with E-state index in [9.17, 15) is 4.79 Å². The van der Waals surface area contributed by atoms with Gasteiger partial charge in [-0.1, -0.05) is 12.1 Å². The molecule has 0 atom stereocenters. The van der Waals surface area contributed by atoms with Crippen molar-refractivity contribution in [2.45, 2.75) is 0 Å². The predicted molar refractivity (Wildman–Crippen MR) is 85.4 cm³/mol. The lowest BCUT2D eigenvalue weighted by atomic mass is 10.1. The fraction of sp³-hybridized carbons (Fsp3) is 0.118. The highest BCUT2D eigenvalue weighted by atomic mass is 16.5. The Labute approximate surface area is 126 Å². The Balaban J connectivity index is 2.30. The second-order valence-corrected chi connectivity index (χ2v) is 4.77. The SMILES string of the molecule is COc1cccc(-c2cc(=O)c3c(N)ccc(OC)c3o2)c1. The van der Waals surface area contributed by atoms with Gasteiger partial charge >= 0.3 is 0 Å². The molecule has 0 spiro atoms. The first kappa shape index (κ1) is 14.0. The third-order valence-electron chi connectivity index (χ3n) is 3.45. The molecule has 0 saturated carbocycles. The van der Waals surface area contributed by atoms with E-state index in [1.54, 1.807) is 25.3 Å². The average Bonchev–Trinajstić information content (AvgIpc) is 2.55. The number of hydrogen-bond donors (Lipinski definition) is 1. The number of nitrogen functional groups attached to an aromatic ring is 1. The summed E-state index contributed by atoms with van der Waals surface area (Å²) >= 11 is 0. The molecule has 0 aliphatic carbocycles. The van der Waals surface area contributed by atoms with E-state index in [2.05, 4.69) is 0 Å². The Hall–Kier alpha value is -2.95. The normalized spacial score (nSPS) is 10.6. The number of fused-ring (bicyclic) bond motifs is 1. The van der Waals surface area contributed by atoms with Crippen molar-refractivity contribution < 1.29 is 13.9 Å². The Morgan fingerprint density at radius 2 is 1.86 bits per heavy atom. The molecule has 112 valence electrons. The summed E-state index contributed by atoms with van der Waals surface area (Å²) in [5, 5.41) is 0.325. The molecule has 3 aromatic rings. The monoisotopic (exact) mass is 297 g/mol. The molecule has 1 aromatic heterocycles. The first-order chi connectivity index (χ1) is 10.6. The maximum absolute atomic E-state index is 12.4. The molecule has 0 bridgehead atoms. The molecule has 2 N–H and O–H groups in total. The molecule has 22 heavy (non-hydrogen) atoms. The summed E-state index contributed by atoms with van der Waals surface area (Å²) < 4.78 is 16.3. The van der Waals surface area contributed by atoms with Crippen LogP contribution in [0.15, 0.2) is 51.7 Å². The highest BCUT2D eigenvalue weighted by Gasteiger charge is 2.14. The van der Waals surface area contributed by atoms with E-state index < -0.39 is 0 Å². The fourth-order valence-corrected chi connectivity index (χ4v) is 2.34. The summed E-state index contributed by atoms with van der Waals surface area (Å²) in [5.74, 6) is 1.58. The minimum Gasteiger partial charge on any atom is -0.497 e.